The summed E-state index contributed by atoms with van der Waals surface area (Å²) in [4.78, 5) is 13.7. The maximum Gasteiger partial charge on any atom is 0.254 e. The van der Waals surface area contributed by atoms with Crippen LogP contribution >= 0.6 is 0 Å². The van der Waals surface area contributed by atoms with Crippen molar-refractivity contribution >= 4 is 5.91 Å². The van der Waals surface area contributed by atoms with Crippen LogP contribution in [0.5, 0.6) is 0 Å². The minimum Gasteiger partial charge on any atom is -0.373 e. The molecule has 1 aliphatic heterocycles. The van der Waals surface area contributed by atoms with E-state index in [-0.39, 0.29) is 17.7 Å². The maximum atomic E-state index is 13.1. The normalized spacial score (nSPS) is 21.3. The summed E-state index contributed by atoms with van der Waals surface area (Å²) >= 11 is 0. The van der Waals surface area contributed by atoms with E-state index in [1.165, 1.54) is 4.90 Å². The van der Waals surface area contributed by atoms with Crippen LogP contribution in [0, 0.1) is 11.6 Å². The second-order valence-corrected chi connectivity index (χ2v) is 4.68. The molecule has 0 bridgehead atoms. The Morgan fingerprint density at radius 2 is 2.05 bits per heavy atom. The van der Waals surface area contributed by atoms with Crippen LogP contribution in [0.3, 0.4) is 0 Å². The zero-order valence-corrected chi connectivity index (χ0v) is 10.6. The van der Waals surface area contributed by atoms with Gasteiger partial charge in [0.15, 0.2) is 0 Å². The van der Waals surface area contributed by atoms with E-state index in [0.29, 0.717) is 19.7 Å². The van der Waals surface area contributed by atoms with Crippen molar-refractivity contribution in [2.45, 2.75) is 19.1 Å². The molecule has 2 rings (SSSR count). The average Bonchev–Trinajstić information content (AvgIpc) is 2.37. The fraction of sp³-hybridized carbons (Fsp3) is 0.462. The molecule has 1 aromatic rings. The number of benzene rings is 1. The van der Waals surface area contributed by atoms with Crippen LogP contribution in [0.4, 0.5) is 8.78 Å². The van der Waals surface area contributed by atoms with E-state index in [4.69, 9.17) is 10.5 Å². The summed E-state index contributed by atoms with van der Waals surface area (Å²) < 4.78 is 31.6. The summed E-state index contributed by atoms with van der Waals surface area (Å²) in [6.07, 6.45) is -0.254. The number of carbonyl (C=O) groups is 1. The number of morpholine rings is 1. The highest BCUT2D eigenvalue weighted by molar-refractivity contribution is 5.94. The molecule has 1 aliphatic rings. The summed E-state index contributed by atoms with van der Waals surface area (Å²) in [6.45, 7) is 2.88. The van der Waals surface area contributed by atoms with E-state index in [0.717, 1.165) is 18.2 Å². The molecule has 1 aromatic carbocycles. The SMILES string of the molecule is CC(N)C1CN(C(=O)c2cc(F)cc(F)c2)CCO1. The third-order valence-electron chi connectivity index (χ3n) is 3.08. The van der Waals surface area contributed by atoms with Gasteiger partial charge in [0.1, 0.15) is 11.6 Å². The lowest BCUT2D eigenvalue weighted by molar-refractivity contribution is -0.0300. The molecule has 2 unspecified atom stereocenters. The van der Waals surface area contributed by atoms with Crippen molar-refractivity contribution in [1.82, 2.24) is 4.90 Å². The molecule has 0 radical (unpaired) electrons. The Hall–Kier alpha value is -1.53. The fourth-order valence-corrected chi connectivity index (χ4v) is 2.04. The smallest absolute Gasteiger partial charge is 0.254 e. The summed E-state index contributed by atoms with van der Waals surface area (Å²) in [5.41, 5.74) is 5.74. The number of hydrogen-bond donors (Lipinski definition) is 1. The van der Waals surface area contributed by atoms with Crippen LogP contribution in [-0.4, -0.2) is 42.6 Å². The second kappa shape index (κ2) is 5.63. The molecule has 19 heavy (non-hydrogen) atoms. The number of hydrogen-bond acceptors (Lipinski definition) is 3. The predicted molar refractivity (Wildman–Crippen MR) is 65.7 cm³/mol. The van der Waals surface area contributed by atoms with Crippen molar-refractivity contribution in [3.05, 3.63) is 35.4 Å². The number of ether oxygens (including phenoxy) is 1. The van der Waals surface area contributed by atoms with Gasteiger partial charge in [-0.3, -0.25) is 4.79 Å². The second-order valence-electron chi connectivity index (χ2n) is 4.68. The van der Waals surface area contributed by atoms with E-state index in [9.17, 15) is 13.6 Å². The van der Waals surface area contributed by atoms with Gasteiger partial charge in [-0.15, -0.1) is 0 Å². The Morgan fingerprint density at radius 1 is 1.42 bits per heavy atom. The summed E-state index contributed by atoms with van der Waals surface area (Å²) in [7, 11) is 0. The van der Waals surface area contributed by atoms with Crippen LogP contribution in [0.1, 0.15) is 17.3 Å². The largest absolute Gasteiger partial charge is 0.373 e. The van der Waals surface area contributed by atoms with Crippen LogP contribution in [0.25, 0.3) is 0 Å². The molecule has 1 fully saturated rings. The van der Waals surface area contributed by atoms with E-state index >= 15 is 0 Å². The van der Waals surface area contributed by atoms with Crippen molar-refractivity contribution in [3.8, 4) is 0 Å². The van der Waals surface area contributed by atoms with Crippen molar-refractivity contribution in [2.75, 3.05) is 19.7 Å². The monoisotopic (exact) mass is 270 g/mol. The van der Waals surface area contributed by atoms with Gasteiger partial charge >= 0.3 is 0 Å². The molecule has 0 saturated carbocycles. The quantitative estimate of drug-likeness (QED) is 0.877. The highest BCUT2D eigenvalue weighted by Crippen LogP contribution is 2.14. The first-order valence-electron chi connectivity index (χ1n) is 6.10. The van der Waals surface area contributed by atoms with Crippen molar-refractivity contribution < 1.29 is 18.3 Å². The Kier molecular flexibility index (Phi) is 4.11. The molecule has 4 nitrogen and oxygen atoms in total. The van der Waals surface area contributed by atoms with Gasteiger partial charge in [0.05, 0.1) is 12.7 Å². The van der Waals surface area contributed by atoms with E-state index in [1.807, 2.05) is 0 Å². The van der Waals surface area contributed by atoms with E-state index in [2.05, 4.69) is 0 Å². The standard InChI is InChI=1S/C13H16F2N2O2/c1-8(16)12-7-17(2-3-19-12)13(18)9-4-10(14)6-11(15)5-9/h4-6,8,12H,2-3,7,16H2,1H3. The first kappa shape index (κ1) is 13.9. The molecule has 2 N–H and O–H groups in total. The molecular weight excluding hydrogens is 254 g/mol. The van der Waals surface area contributed by atoms with Gasteiger partial charge in [0, 0.05) is 30.8 Å². The fourth-order valence-electron chi connectivity index (χ4n) is 2.04. The number of nitrogens with two attached hydrogens (primary N) is 1. The van der Waals surface area contributed by atoms with Crippen molar-refractivity contribution in [2.24, 2.45) is 5.73 Å². The molecule has 0 aliphatic carbocycles. The predicted octanol–water partition coefficient (Wildman–Crippen LogP) is 1.15. The molecule has 2 atom stereocenters. The third-order valence-corrected chi connectivity index (χ3v) is 3.08. The molecular formula is C13H16F2N2O2. The van der Waals surface area contributed by atoms with Gasteiger partial charge in [-0.05, 0) is 19.1 Å². The summed E-state index contributed by atoms with van der Waals surface area (Å²) in [5.74, 6) is -1.94. The first-order valence-corrected chi connectivity index (χ1v) is 6.10. The number of rotatable bonds is 2. The van der Waals surface area contributed by atoms with Crippen LogP contribution in [0.15, 0.2) is 18.2 Å². The number of carbonyl (C=O) groups excluding carboxylic acids is 1. The molecule has 104 valence electrons. The van der Waals surface area contributed by atoms with Gasteiger partial charge in [-0.1, -0.05) is 0 Å². The topological polar surface area (TPSA) is 55.6 Å². The Morgan fingerprint density at radius 3 is 2.63 bits per heavy atom. The van der Waals surface area contributed by atoms with E-state index < -0.39 is 17.5 Å². The molecule has 1 amide bonds. The number of halogens is 2. The third kappa shape index (κ3) is 3.27. The minimum absolute atomic E-state index is 0.00262. The number of nitrogens with zero attached hydrogens (tertiary/aromatic N) is 1. The highest BCUT2D eigenvalue weighted by Gasteiger charge is 2.27. The number of amides is 1. The molecule has 1 heterocycles. The van der Waals surface area contributed by atoms with Gasteiger partial charge in [-0.25, -0.2) is 8.78 Å². The Bertz CT molecular complexity index is 459. The van der Waals surface area contributed by atoms with Gasteiger partial charge < -0.3 is 15.4 Å². The van der Waals surface area contributed by atoms with Crippen molar-refractivity contribution in [3.63, 3.8) is 0 Å². The molecule has 0 spiro atoms. The Labute approximate surface area is 110 Å². The van der Waals surface area contributed by atoms with E-state index in [1.54, 1.807) is 6.92 Å². The van der Waals surface area contributed by atoms with Gasteiger partial charge in [0.25, 0.3) is 5.91 Å². The first-order chi connectivity index (χ1) is 8.97. The molecule has 6 heteroatoms. The summed E-state index contributed by atoms with van der Waals surface area (Å²) in [5, 5.41) is 0. The zero-order chi connectivity index (χ0) is 14.0. The molecule has 0 aromatic heterocycles. The minimum atomic E-state index is -0.764. The van der Waals surface area contributed by atoms with Crippen LogP contribution < -0.4 is 5.73 Å². The Balaban J connectivity index is 2.14. The highest BCUT2D eigenvalue weighted by atomic mass is 19.1. The van der Waals surface area contributed by atoms with Gasteiger partial charge in [0.2, 0.25) is 0 Å². The van der Waals surface area contributed by atoms with Crippen molar-refractivity contribution in [1.29, 1.82) is 0 Å². The lowest BCUT2D eigenvalue weighted by atomic mass is 10.1. The zero-order valence-electron chi connectivity index (χ0n) is 10.6. The van der Waals surface area contributed by atoms with Crippen LogP contribution in [0.2, 0.25) is 0 Å². The van der Waals surface area contributed by atoms with Crippen LogP contribution in [-0.2, 0) is 4.74 Å². The lowest BCUT2D eigenvalue weighted by Gasteiger charge is -2.34. The maximum absolute atomic E-state index is 13.1. The lowest BCUT2D eigenvalue weighted by Crippen LogP contribution is -2.51. The summed E-state index contributed by atoms with van der Waals surface area (Å²) in [6, 6.07) is 2.59. The average molecular weight is 270 g/mol. The van der Waals surface area contributed by atoms with Gasteiger partial charge in [-0.2, -0.15) is 0 Å². The molecule has 1 saturated heterocycles.